The minimum absolute atomic E-state index is 0.109. The van der Waals surface area contributed by atoms with E-state index in [9.17, 15) is 4.39 Å². The highest BCUT2D eigenvalue weighted by Gasteiger charge is 2.30. The van der Waals surface area contributed by atoms with Gasteiger partial charge >= 0.3 is 0 Å². The number of hydrogen-bond donors (Lipinski definition) is 4. The molecule has 8 heteroatoms. The Morgan fingerprint density at radius 2 is 2.04 bits per heavy atom. The third-order valence-electron chi connectivity index (χ3n) is 5.53. The van der Waals surface area contributed by atoms with Crippen LogP contribution in [0.3, 0.4) is 0 Å². The van der Waals surface area contributed by atoms with E-state index >= 15 is 0 Å². The molecule has 0 amide bonds. The summed E-state index contributed by atoms with van der Waals surface area (Å²) in [4.78, 5) is 9.22. The molecule has 1 saturated carbocycles. The molecule has 28 heavy (non-hydrogen) atoms. The fraction of sp³-hybridized carbons (Fsp3) is 0.500. The average molecular weight is 386 g/mol. The molecule has 0 bridgehead atoms. The molecular formula is C20H27FN6O. The van der Waals surface area contributed by atoms with Gasteiger partial charge in [-0.3, -0.25) is 5.43 Å². The van der Waals surface area contributed by atoms with Crippen LogP contribution in [0.1, 0.15) is 41.9 Å². The Bertz CT molecular complexity index is 796. The van der Waals surface area contributed by atoms with Crippen molar-refractivity contribution >= 4 is 5.82 Å². The molecule has 0 radical (unpaired) electrons. The van der Waals surface area contributed by atoms with Crippen LogP contribution in [0.15, 0.2) is 30.3 Å². The number of hydrogen-bond acceptors (Lipinski definition) is 7. The van der Waals surface area contributed by atoms with Crippen molar-refractivity contribution in [3.8, 4) is 0 Å². The molecule has 5 N–H and O–H groups in total. The monoisotopic (exact) mass is 386 g/mol. The second-order valence-corrected chi connectivity index (χ2v) is 7.65. The summed E-state index contributed by atoms with van der Waals surface area (Å²) in [6.07, 6.45) is 1.93. The van der Waals surface area contributed by atoms with Crippen molar-refractivity contribution in [2.24, 2.45) is 11.7 Å². The number of nitrogens with one attached hydrogen (secondary N) is 3. The molecule has 2 heterocycles. The van der Waals surface area contributed by atoms with Gasteiger partial charge in [0.15, 0.2) is 5.82 Å². The van der Waals surface area contributed by atoms with Crippen molar-refractivity contribution in [1.29, 1.82) is 0 Å². The number of anilines is 1. The van der Waals surface area contributed by atoms with Gasteiger partial charge in [-0.05, 0) is 30.5 Å². The lowest BCUT2D eigenvalue weighted by Crippen LogP contribution is -2.35. The number of methoxy groups -OCH3 is 1. The Morgan fingerprint density at radius 1 is 1.25 bits per heavy atom. The maximum atomic E-state index is 13.2. The lowest BCUT2D eigenvalue weighted by atomic mass is 9.78. The van der Waals surface area contributed by atoms with E-state index in [2.05, 4.69) is 26.1 Å². The molecule has 150 valence electrons. The van der Waals surface area contributed by atoms with Gasteiger partial charge in [0.1, 0.15) is 18.2 Å². The molecule has 2 atom stereocenters. The van der Waals surface area contributed by atoms with Crippen molar-refractivity contribution < 1.29 is 9.13 Å². The number of nitrogens with zero attached hydrogens (tertiary/aromatic N) is 2. The maximum Gasteiger partial charge on any atom is 0.156 e. The lowest BCUT2D eigenvalue weighted by Gasteiger charge is -2.32. The van der Waals surface area contributed by atoms with Crippen LogP contribution in [0, 0.1) is 11.7 Å². The lowest BCUT2D eigenvalue weighted by molar-refractivity contribution is 0.177. The van der Waals surface area contributed by atoms with Crippen LogP contribution in [-0.4, -0.2) is 36.2 Å². The van der Waals surface area contributed by atoms with Crippen LogP contribution in [-0.2, 0) is 11.3 Å². The summed E-state index contributed by atoms with van der Waals surface area (Å²) in [5, 5.41) is 3.46. The Balaban J connectivity index is 1.45. The molecule has 2 unspecified atom stereocenters. The molecule has 2 aromatic rings. The summed E-state index contributed by atoms with van der Waals surface area (Å²) in [6.45, 7) is 1.93. The van der Waals surface area contributed by atoms with E-state index in [0.717, 1.165) is 43.0 Å². The first-order valence-corrected chi connectivity index (χ1v) is 9.72. The standard InChI is InChI=1S/C20H27FN6O/c1-28-11-19-25-17(13-6-16(22)7-13)8-18(26-19)23-9-14-10-24-27-20(14)12-2-4-15(21)5-3-12/h2-5,8,13-14,16,20,24,27H,6-7,9-11,22H2,1H3,(H,23,25,26). The third-order valence-corrected chi connectivity index (χ3v) is 5.53. The zero-order valence-electron chi connectivity index (χ0n) is 16.0. The minimum Gasteiger partial charge on any atom is -0.377 e. The quantitative estimate of drug-likeness (QED) is 0.577. The largest absolute Gasteiger partial charge is 0.377 e. The van der Waals surface area contributed by atoms with Gasteiger partial charge in [0.05, 0.1) is 6.04 Å². The maximum absolute atomic E-state index is 13.2. The molecule has 1 aliphatic carbocycles. The SMILES string of the molecule is COCc1nc(NCC2CNNC2c2ccc(F)cc2)cc(C2CC(N)C2)n1. The number of nitrogens with two attached hydrogens (primary N) is 1. The first kappa shape index (κ1) is 19.2. The summed E-state index contributed by atoms with van der Waals surface area (Å²) in [5.41, 5.74) is 14.5. The van der Waals surface area contributed by atoms with Crippen LogP contribution < -0.4 is 21.9 Å². The Kier molecular flexibility index (Phi) is 5.82. The Morgan fingerprint density at radius 3 is 2.75 bits per heavy atom. The van der Waals surface area contributed by atoms with Gasteiger partial charge in [0.2, 0.25) is 0 Å². The van der Waals surface area contributed by atoms with E-state index in [4.69, 9.17) is 10.5 Å². The molecule has 2 aliphatic rings. The molecule has 1 saturated heterocycles. The van der Waals surface area contributed by atoms with Crippen LogP contribution in [0.4, 0.5) is 10.2 Å². The minimum atomic E-state index is -0.223. The summed E-state index contributed by atoms with van der Waals surface area (Å²) >= 11 is 0. The second kappa shape index (κ2) is 8.48. The van der Waals surface area contributed by atoms with Gasteiger partial charge in [-0.15, -0.1) is 0 Å². The molecule has 1 aromatic heterocycles. The molecule has 1 aromatic carbocycles. The molecule has 7 nitrogen and oxygen atoms in total. The van der Waals surface area contributed by atoms with Crippen molar-refractivity contribution in [1.82, 2.24) is 20.8 Å². The first-order chi connectivity index (χ1) is 13.6. The summed E-state index contributed by atoms with van der Waals surface area (Å²) in [7, 11) is 1.64. The van der Waals surface area contributed by atoms with Gasteiger partial charge in [-0.2, -0.15) is 0 Å². The summed E-state index contributed by atoms with van der Waals surface area (Å²) in [6, 6.07) is 9.05. The van der Waals surface area contributed by atoms with Gasteiger partial charge in [-0.1, -0.05) is 12.1 Å². The number of aromatic nitrogens is 2. The molecular weight excluding hydrogens is 359 g/mol. The summed E-state index contributed by atoms with van der Waals surface area (Å²) < 4.78 is 18.4. The fourth-order valence-electron chi connectivity index (χ4n) is 3.90. The van der Waals surface area contributed by atoms with E-state index < -0.39 is 0 Å². The molecule has 1 aliphatic heterocycles. The number of hydrazine groups is 1. The van der Waals surface area contributed by atoms with Gasteiger partial charge < -0.3 is 15.8 Å². The second-order valence-electron chi connectivity index (χ2n) is 7.65. The normalized spacial score (nSPS) is 26.8. The zero-order valence-corrected chi connectivity index (χ0v) is 16.0. The summed E-state index contributed by atoms with van der Waals surface area (Å²) in [5.74, 6) is 1.96. The zero-order chi connectivity index (χ0) is 19.5. The smallest absolute Gasteiger partial charge is 0.156 e. The number of rotatable bonds is 7. The van der Waals surface area contributed by atoms with E-state index in [1.807, 2.05) is 18.2 Å². The van der Waals surface area contributed by atoms with Gasteiger partial charge in [0.25, 0.3) is 0 Å². The van der Waals surface area contributed by atoms with Crippen LogP contribution in [0.5, 0.6) is 0 Å². The van der Waals surface area contributed by atoms with E-state index in [-0.39, 0.29) is 17.9 Å². The third kappa shape index (κ3) is 4.30. The van der Waals surface area contributed by atoms with Gasteiger partial charge in [0, 0.05) is 49.8 Å². The molecule has 2 fully saturated rings. The molecule has 0 spiro atoms. The van der Waals surface area contributed by atoms with Crippen molar-refractivity contribution in [3.63, 3.8) is 0 Å². The van der Waals surface area contributed by atoms with Crippen molar-refractivity contribution in [2.75, 3.05) is 25.5 Å². The van der Waals surface area contributed by atoms with E-state index in [1.54, 1.807) is 7.11 Å². The van der Waals surface area contributed by atoms with Crippen LogP contribution in [0.2, 0.25) is 0 Å². The average Bonchev–Trinajstić information content (AvgIpc) is 3.13. The van der Waals surface area contributed by atoms with E-state index in [0.29, 0.717) is 24.3 Å². The van der Waals surface area contributed by atoms with E-state index in [1.165, 1.54) is 12.1 Å². The van der Waals surface area contributed by atoms with Crippen LogP contribution in [0.25, 0.3) is 0 Å². The Labute approximate surface area is 164 Å². The highest BCUT2D eigenvalue weighted by atomic mass is 19.1. The first-order valence-electron chi connectivity index (χ1n) is 9.72. The highest BCUT2D eigenvalue weighted by Crippen LogP contribution is 2.35. The van der Waals surface area contributed by atoms with Crippen molar-refractivity contribution in [3.05, 3.63) is 53.2 Å². The van der Waals surface area contributed by atoms with Gasteiger partial charge in [-0.25, -0.2) is 19.8 Å². The predicted molar refractivity (Wildman–Crippen MR) is 105 cm³/mol. The molecule has 4 rings (SSSR count). The Hall–Kier alpha value is -2.13. The van der Waals surface area contributed by atoms with Crippen molar-refractivity contribution in [2.45, 2.75) is 37.5 Å². The number of benzene rings is 1. The topological polar surface area (TPSA) is 97.1 Å². The predicted octanol–water partition coefficient (Wildman–Crippen LogP) is 1.84. The van der Waals surface area contributed by atoms with Crippen LogP contribution >= 0.6 is 0 Å². The number of ether oxygens (including phenoxy) is 1. The highest BCUT2D eigenvalue weighted by molar-refractivity contribution is 5.38. The fourth-order valence-corrected chi connectivity index (χ4v) is 3.90. The number of halogens is 1.